The molecule has 3 aromatic rings. The Hall–Kier alpha value is -3.15. The third-order valence-electron chi connectivity index (χ3n) is 5.83. The molecule has 0 atom stereocenters. The van der Waals surface area contributed by atoms with Crippen molar-refractivity contribution in [2.24, 2.45) is 5.92 Å². The van der Waals surface area contributed by atoms with E-state index < -0.39 is 0 Å². The summed E-state index contributed by atoms with van der Waals surface area (Å²) in [5.74, 6) is 2.63. The molecule has 0 saturated heterocycles. The monoisotopic (exact) mass is 468 g/mol. The van der Waals surface area contributed by atoms with Crippen LogP contribution in [0, 0.1) is 5.92 Å². The summed E-state index contributed by atoms with van der Waals surface area (Å²) in [5.41, 5.74) is 2.12. The Balaban J connectivity index is 2.17. The van der Waals surface area contributed by atoms with Crippen LogP contribution in [0.15, 0.2) is 39.5 Å². The first kappa shape index (κ1) is 25.5. The first-order valence-electron chi connectivity index (χ1n) is 12.0. The fraction of sp³-hybridized carbons (Fsp3) is 0.464. The van der Waals surface area contributed by atoms with Crippen LogP contribution in [0.3, 0.4) is 0 Å². The lowest BCUT2D eigenvalue weighted by molar-refractivity contribution is 0.301. The summed E-state index contributed by atoms with van der Waals surface area (Å²) >= 11 is 0. The molecule has 0 radical (unpaired) electrons. The molecule has 2 aromatic carbocycles. The van der Waals surface area contributed by atoms with Gasteiger partial charge in [-0.3, -0.25) is 4.79 Å². The molecule has 0 spiro atoms. The number of hydrogen-bond acceptors (Lipinski definition) is 6. The van der Waals surface area contributed by atoms with Gasteiger partial charge in [0.05, 0.1) is 33.3 Å². The molecule has 0 bridgehead atoms. The summed E-state index contributed by atoms with van der Waals surface area (Å²) in [6.07, 6.45) is 4.97. The lowest BCUT2D eigenvalue weighted by atomic mass is 10.0. The Morgan fingerprint density at radius 3 is 2.21 bits per heavy atom. The summed E-state index contributed by atoms with van der Waals surface area (Å²) in [6, 6.07) is 9.36. The second-order valence-electron chi connectivity index (χ2n) is 8.82. The maximum atomic E-state index is 13.5. The molecule has 1 heterocycles. The van der Waals surface area contributed by atoms with E-state index in [4.69, 9.17) is 23.4 Å². The summed E-state index contributed by atoms with van der Waals surface area (Å²) < 4.78 is 28.8. The van der Waals surface area contributed by atoms with E-state index in [2.05, 4.69) is 20.8 Å². The van der Waals surface area contributed by atoms with Crippen LogP contribution in [-0.4, -0.2) is 27.9 Å². The Morgan fingerprint density at radius 1 is 0.912 bits per heavy atom. The summed E-state index contributed by atoms with van der Waals surface area (Å²) in [6.45, 7) is 6.96. The molecule has 0 saturated carbocycles. The Bertz CT molecular complexity index is 1140. The van der Waals surface area contributed by atoms with Gasteiger partial charge in [0, 0.05) is 5.56 Å². The highest BCUT2D eigenvalue weighted by molar-refractivity contribution is 5.83. The molecule has 0 aliphatic heterocycles. The average Bonchev–Trinajstić information content (AvgIpc) is 2.84. The van der Waals surface area contributed by atoms with E-state index in [1.807, 2.05) is 18.2 Å². The van der Waals surface area contributed by atoms with Crippen LogP contribution in [-0.2, 0) is 6.42 Å². The van der Waals surface area contributed by atoms with Crippen LogP contribution in [0.4, 0.5) is 0 Å². The Kier molecular flexibility index (Phi) is 8.85. The van der Waals surface area contributed by atoms with E-state index in [1.165, 1.54) is 0 Å². The van der Waals surface area contributed by atoms with Gasteiger partial charge < -0.3 is 23.4 Å². The van der Waals surface area contributed by atoms with Gasteiger partial charge in [0.2, 0.25) is 16.9 Å². The SMILES string of the molecule is CCCCOc1c(-c2cc(OC)c(OC)c(OC)c2)oc2cc(CCCC(C)C)ccc2c1=O. The molecule has 34 heavy (non-hydrogen) atoms. The number of rotatable bonds is 12. The smallest absolute Gasteiger partial charge is 0.235 e. The average molecular weight is 469 g/mol. The van der Waals surface area contributed by atoms with E-state index in [9.17, 15) is 4.79 Å². The van der Waals surface area contributed by atoms with E-state index in [0.717, 1.165) is 37.7 Å². The van der Waals surface area contributed by atoms with Gasteiger partial charge in [-0.1, -0.05) is 39.7 Å². The maximum Gasteiger partial charge on any atom is 0.235 e. The predicted molar refractivity (Wildman–Crippen MR) is 136 cm³/mol. The van der Waals surface area contributed by atoms with Crippen molar-refractivity contribution in [3.63, 3.8) is 0 Å². The molecule has 3 rings (SSSR count). The zero-order valence-electron chi connectivity index (χ0n) is 21.2. The lowest BCUT2D eigenvalue weighted by Gasteiger charge is -2.16. The van der Waals surface area contributed by atoms with Crippen molar-refractivity contribution in [2.45, 2.75) is 52.9 Å². The van der Waals surface area contributed by atoms with Crippen molar-refractivity contribution >= 4 is 11.0 Å². The molecule has 0 fully saturated rings. The van der Waals surface area contributed by atoms with E-state index in [0.29, 0.717) is 52.1 Å². The van der Waals surface area contributed by atoms with Crippen molar-refractivity contribution in [3.8, 4) is 34.3 Å². The number of benzene rings is 2. The lowest BCUT2D eigenvalue weighted by Crippen LogP contribution is -2.11. The molecule has 6 heteroatoms. The van der Waals surface area contributed by atoms with Crippen molar-refractivity contribution in [3.05, 3.63) is 46.1 Å². The summed E-state index contributed by atoms with van der Waals surface area (Å²) in [4.78, 5) is 13.5. The summed E-state index contributed by atoms with van der Waals surface area (Å²) in [7, 11) is 4.66. The van der Waals surface area contributed by atoms with Gasteiger partial charge >= 0.3 is 0 Å². The van der Waals surface area contributed by atoms with Crippen molar-refractivity contribution in [2.75, 3.05) is 27.9 Å². The van der Waals surface area contributed by atoms with Gasteiger partial charge in [-0.25, -0.2) is 0 Å². The van der Waals surface area contributed by atoms with E-state index in [-0.39, 0.29) is 11.2 Å². The van der Waals surface area contributed by atoms with Crippen LogP contribution < -0.4 is 24.4 Å². The minimum Gasteiger partial charge on any atom is -0.493 e. The Morgan fingerprint density at radius 2 is 1.62 bits per heavy atom. The van der Waals surface area contributed by atoms with Gasteiger partial charge in [-0.2, -0.15) is 0 Å². The number of unbranched alkanes of at least 4 members (excludes halogenated alkanes) is 1. The second kappa shape index (κ2) is 11.8. The zero-order valence-corrected chi connectivity index (χ0v) is 21.2. The molecule has 1 aromatic heterocycles. The number of hydrogen-bond donors (Lipinski definition) is 0. The number of ether oxygens (including phenoxy) is 4. The van der Waals surface area contributed by atoms with Crippen LogP contribution in [0.2, 0.25) is 0 Å². The minimum atomic E-state index is -0.185. The highest BCUT2D eigenvalue weighted by atomic mass is 16.5. The maximum absolute atomic E-state index is 13.5. The van der Waals surface area contributed by atoms with Crippen molar-refractivity contribution in [1.82, 2.24) is 0 Å². The largest absolute Gasteiger partial charge is 0.493 e. The molecular weight excluding hydrogens is 432 g/mol. The minimum absolute atomic E-state index is 0.185. The van der Waals surface area contributed by atoms with Gasteiger partial charge in [-0.05, 0) is 55.0 Å². The highest BCUT2D eigenvalue weighted by Crippen LogP contribution is 2.43. The molecular formula is C28H36O6. The quantitative estimate of drug-likeness (QED) is 0.278. The molecule has 0 N–H and O–H groups in total. The molecule has 184 valence electrons. The van der Waals surface area contributed by atoms with Crippen LogP contribution in [0.25, 0.3) is 22.3 Å². The molecule has 0 aliphatic carbocycles. The molecule has 0 amide bonds. The number of methoxy groups -OCH3 is 3. The fourth-order valence-corrected chi connectivity index (χ4v) is 3.94. The van der Waals surface area contributed by atoms with Crippen LogP contribution >= 0.6 is 0 Å². The highest BCUT2D eigenvalue weighted by Gasteiger charge is 2.22. The molecule has 6 nitrogen and oxygen atoms in total. The Labute approximate surface area is 201 Å². The van der Waals surface area contributed by atoms with E-state index in [1.54, 1.807) is 33.5 Å². The van der Waals surface area contributed by atoms with Crippen molar-refractivity contribution < 1.29 is 23.4 Å². The normalized spacial score (nSPS) is 11.1. The number of aryl methyl sites for hydroxylation is 1. The third-order valence-corrected chi connectivity index (χ3v) is 5.83. The first-order valence-corrected chi connectivity index (χ1v) is 12.0. The second-order valence-corrected chi connectivity index (χ2v) is 8.82. The molecule has 0 aliphatic rings. The predicted octanol–water partition coefficient (Wildman–Crippen LogP) is 6.64. The van der Waals surface area contributed by atoms with Gasteiger partial charge in [0.25, 0.3) is 0 Å². The van der Waals surface area contributed by atoms with E-state index >= 15 is 0 Å². The van der Waals surface area contributed by atoms with Crippen LogP contribution in [0.5, 0.6) is 23.0 Å². The third kappa shape index (κ3) is 5.66. The van der Waals surface area contributed by atoms with Crippen LogP contribution in [0.1, 0.15) is 52.0 Å². The fourth-order valence-electron chi connectivity index (χ4n) is 3.94. The van der Waals surface area contributed by atoms with Gasteiger partial charge in [0.1, 0.15) is 5.58 Å². The zero-order chi connectivity index (χ0) is 24.7. The number of fused-ring (bicyclic) bond motifs is 1. The van der Waals surface area contributed by atoms with Crippen molar-refractivity contribution in [1.29, 1.82) is 0 Å². The van der Waals surface area contributed by atoms with Gasteiger partial charge in [0.15, 0.2) is 17.3 Å². The first-order chi connectivity index (χ1) is 16.4. The standard InChI is InChI=1S/C28H36O6/c1-7-8-14-33-28-25(29)21-13-12-19(11-9-10-18(2)3)15-22(21)34-26(28)20-16-23(30-4)27(32-6)24(17-20)31-5/h12-13,15-18H,7-11,14H2,1-6H3. The topological polar surface area (TPSA) is 67.1 Å². The van der Waals surface area contributed by atoms with Gasteiger partial charge in [-0.15, -0.1) is 0 Å². The summed E-state index contributed by atoms with van der Waals surface area (Å²) in [5, 5.41) is 0.510. The molecule has 0 unspecified atom stereocenters.